The Labute approximate surface area is 227 Å². The van der Waals surface area contributed by atoms with Gasteiger partial charge in [0.1, 0.15) is 17.6 Å². The number of ether oxygens (including phenoxy) is 1. The Hall–Kier alpha value is -4.24. The molecule has 1 amide bonds. The third-order valence-electron chi connectivity index (χ3n) is 6.47. The lowest BCUT2D eigenvalue weighted by Crippen LogP contribution is -2.30. The van der Waals surface area contributed by atoms with Crippen molar-refractivity contribution >= 4 is 34.6 Å². The number of anilines is 2. The van der Waals surface area contributed by atoms with Crippen molar-refractivity contribution in [1.82, 2.24) is 19.9 Å². The van der Waals surface area contributed by atoms with Gasteiger partial charge in [0.2, 0.25) is 5.91 Å². The molecule has 8 nitrogen and oxygen atoms in total. The predicted octanol–water partition coefficient (Wildman–Crippen LogP) is 5.44. The fraction of sp³-hybridized carbons (Fsp3) is 0.241. The molecule has 3 aromatic heterocycles. The molecule has 0 spiro atoms. The van der Waals surface area contributed by atoms with Crippen LogP contribution in [0.5, 0.6) is 5.75 Å². The van der Waals surface area contributed by atoms with Crippen LogP contribution in [0.3, 0.4) is 0 Å². The number of carbonyl (C=O) groups is 1. The van der Waals surface area contributed by atoms with E-state index in [0.29, 0.717) is 16.5 Å². The number of hydrogen-bond acceptors (Lipinski definition) is 5. The van der Waals surface area contributed by atoms with Crippen molar-refractivity contribution in [3.05, 3.63) is 96.7 Å². The highest BCUT2D eigenvalue weighted by Gasteiger charge is 2.42. The average molecular weight is 527 g/mol. The number of carbonyl (C=O) groups excluding carboxylic acids is 1. The minimum atomic E-state index is -0.540. The highest BCUT2D eigenvalue weighted by Crippen LogP contribution is 2.43. The van der Waals surface area contributed by atoms with Crippen LogP contribution < -0.4 is 20.3 Å². The number of pyridine rings is 2. The molecule has 194 valence electrons. The number of nitrogens with one attached hydrogen (secondary N) is 2. The summed E-state index contributed by atoms with van der Waals surface area (Å²) in [5.74, 6) is 1.26. The maximum atomic E-state index is 12.7. The summed E-state index contributed by atoms with van der Waals surface area (Å²) >= 11 is 5.89. The summed E-state index contributed by atoms with van der Waals surface area (Å²) < 4.78 is 7.76. The quantitative estimate of drug-likeness (QED) is 0.324. The molecule has 1 fully saturated rings. The molecular weight excluding hydrogens is 496 g/mol. The molecule has 38 heavy (non-hydrogen) atoms. The molecule has 1 aliphatic heterocycles. The molecular formula is C29H30N6O2S. The van der Waals surface area contributed by atoms with Gasteiger partial charge in [-0.05, 0) is 60.7 Å². The van der Waals surface area contributed by atoms with Gasteiger partial charge >= 0.3 is 0 Å². The summed E-state index contributed by atoms with van der Waals surface area (Å²) in [6.07, 6.45) is 5.56. The minimum Gasteiger partial charge on any atom is -0.494 e. The van der Waals surface area contributed by atoms with E-state index in [1.54, 1.807) is 19.5 Å². The third-order valence-corrected chi connectivity index (χ3v) is 6.78. The second-order valence-corrected chi connectivity index (χ2v) is 10.5. The van der Waals surface area contributed by atoms with Gasteiger partial charge in [0, 0.05) is 41.5 Å². The lowest BCUT2D eigenvalue weighted by molar-refractivity contribution is -0.123. The van der Waals surface area contributed by atoms with Crippen molar-refractivity contribution in [2.24, 2.45) is 5.41 Å². The summed E-state index contributed by atoms with van der Waals surface area (Å²) in [6.45, 7) is 5.61. The second kappa shape index (κ2) is 10.3. The lowest BCUT2D eigenvalue weighted by atomic mass is 9.95. The molecule has 9 heteroatoms. The van der Waals surface area contributed by atoms with Crippen LogP contribution in [0.2, 0.25) is 0 Å². The van der Waals surface area contributed by atoms with E-state index < -0.39 is 5.41 Å². The number of nitrogens with zero attached hydrogens (tertiary/aromatic N) is 4. The average Bonchev–Trinajstić information content (AvgIpc) is 3.53. The van der Waals surface area contributed by atoms with E-state index in [-0.39, 0.29) is 18.0 Å². The van der Waals surface area contributed by atoms with Crippen molar-refractivity contribution in [2.75, 3.05) is 17.3 Å². The number of rotatable bonds is 6. The standard InChI is InChI=1S/C29H30N6O2S/c1-29(2,3)27(36)32-20-14-13-19(18-23(20)37-4)35-26(25(33-28(35)38)21-10-5-7-15-30-21)22-11-9-17-34(22)24-12-6-8-16-31-24/h5-18,25-26H,1-4H3,(H,32,36)(H,33,38)/t25-,26+/m0/s1. The molecule has 1 saturated heterocycles. The molecule has 4 aromatic rings. The monoisotopic (exact) mass is 526 g/mol. The zero-order valence-corrected chi connectivity index (χ0v) is 22.6. The van der Waals surface area contributed by atoms with Crippen LogP contribution in [0.15, 0.2) is 85.3 Å². The van der Waals surface area contributed by atoms with Crippen molar-refractivity contribution in [3.8, 4) is 11.6 Å². The van der Waals surface area contributed by atoms with E-state index in [1.165, 1.54) is 0 Å². The fourth-order valence-electron chi connectivity index (χ4n) is 4.52. The third kappa shape index (κ3) is 4.84. The largest absolute Gasteiger partial charge is 0.494 e. The Morgan fingerprint density at radius 1 is 1.03 bits per heavy atom. The van der Waals surface area contributed by atoms with Gasteiger partial charge in [-0.1, -0.05) is 32.9 Å². The van der Waals surface area contributed by atoms with Crippen molar-refractivity contribution in [2.45, 2.75) is 32.9 Å². The Balaban J connectivity index is 1.60. The zero-order valence-electron chi connectivity index (χ0n) is 21.8. The second-order valence-electron chi connectivity index (χ2n) is 10.1. The first-order chi connectivity index (χ1) is 18.3. The summed E-state index contributed by atoms with van der Waals surface area (Å²) in [6, 6.07) is 21.0. The van der Waals surface area contributed by atoms with Crippen LogP contribution in [0.25, 0.3) is 5.82 Å². The lowest BCUT2D eigenvalue weighted by Gasteiger charge is -2.29. The van der Waals surface area contributed by atoms with Gasteiger partial charge in [0.15, 0.2) is 5.11 Å². The van der Waals surface area contributed by atoms with E-state index in [9.17, 15) is 4.79 Å². The first-order valence-corrected chi connectivity index (χ1v) is 12.8. The highest BCUT2D eigenvalue weighted by molar-refractivity contribution is 7.80. The van der Waals surface area contributed by atoms with Gasteiger partial charge in [-0.25, -0.2) is 4.98 Å². The number of thiocarbonyl (C=S) groups is 1. The van der Waals surface area contributed by atoms with E-state index in [1.807, 2.05) is 87.6 Å². The SMILES string of the molecule is COc1cc(N2C(=S)N[C@@H](c3ccccn3)[C@H]2c2cccn2-c2ccccn2)ccc1NC(=O)C(C)(C)C. The Morgan fingerprint density at radius 2 is 1.79 bits per heavy atom. The van der Waals surface area contributed by atoms with E-state index >= 15 is 0 Å². The van der Waals surface area contributed by atoms with Crippen LogP contribution in [0, 0.1) is 5.41 Å². The number of benzene rings is 1. The molecule has 4 heterocycles. The molecule has 1 aliphatic rings. The van der Waals surface area contributed by atoms with Gasteiger partial charge in [-0.15, -0.1) is 0 Å². The van der Waals surface area contributed by atoms with E-state index in [0.717, 1.165) is 22.9 Å². The Morgan fingerprint density at radius 3 is 2.45 bits per heavy atom. The van der Waals surface area contributed by atoms with Crippen molar-refractivity contribution in [3.63, 3.8) is 0 Å². The molecule has 2 N–H and O–H groups in total. The van der Waals surface area contributed by atoms with Gasteiger partial charge in [0.25, 0.3) is 0 Å². The van der Waals surface area contributed by atoms with Gasteiger partial charge in [0.05, 0.1) is 24.5 Å². The van der Waals surface area contributed by atoms with Crippen LogP contribution >= 0.6 is 12.2 Å². The number of methoxy groups -OCH3 is 1. The molecule has 0 saturated carbocycles. The highest BCUT2D eigenvalue weighted by atomic mass is 32.1. The predicted molar refractivity (Wildman–Crippen MR) is 153 cm³/mol. The van der Waals surface area contributed by atoms with Crippen molar-refractivity contribution < 1.29 is 9.53 Å². The fourth-order valence-corrected chi connectivity index (χ4v) is 4.86. The van der Waals surface area contributed by atoms with Gasteiger partial charge in [-0.3, -0.25) is 9.78 Å². The van der Waals surface area contributed by atoms with Crippen LogP contribution in [0.4, 0.5) is 11.4 Å². The van der Waals surface area contributed by atoms with E-state index in [4.69, 9.17) is 17.0 Å². The molecule has 0 aliphatic carbocycles. The summed E-state index contributed by atoms with van der Waals surface area (Å²) in [5.41, 5.74) is 2.75. The maximum Gasteiger partial charge on any atom is 0.229 e. The first-order valence-electron chi connectivity index (χ1n) is 12.4. The normalized spacial score (nSPS) is 17.3. The smallest absolute Gasteiger partial charge is 0.229 e. The molecule has 0 radical (unpaired) electrons. The van der Waals surface area contributed by atoms with E-state index in [2.05, 4.69) is 36.1 Å². The van der Waals surface area contributed by atoms with Gasteiger partial charge < -0.3 is 24.8 Å². The summed E-state index contributed by atoms with van der Waals surface area (Å²) in [7, 11) is 1.59. The Kier molecular flexibility index (Phi) is 6.86. The minimum absolute atomic E-state index is 0.0943. The summed E-state index contributed by atoms with van der Waals surface area (Å²) in [4.78, 5) is 23.9. The van der Waals surface area contributed by atoms with Crippen molar-refractivity contribution in [1.29, 1.82) is 0 Å². The first kappa shape index (κ1) is 25.4. The molecule has 5 rings (SSSR count). The maximum absolute atomic E-state index is 12.7. The number of amides is 1. The summed E-state index contributed by atoms with van der Waals surface area (Å²) in [5, 5.41) is 7.03. The molecule has 0 unspecified atom stereocenters. The zero-order chi connectivity index (χ0) is 26.9. The topological polar surface area (TPSA) is 84.3 Å². The van der Waals surface area contributed by atoms with Crippen LogP contribution in [-0.4, -0.2) is 32.7 Å². The van der Waals surface area contributed by atoms with Gasteiger partial charge in [-0.2, -0.15) is 0 Å². The number of aromatic nitrogens is 3. The number of hydrogen-bond donors (Lipinski definition) is 2. The Bertz CT molecular complexity index is 1450. The van der Waals surface area contributed by atoms with Crippen LogP contribution in [-0.2, 0) is 4.79 Å². The molecule has 1 aromatic carbocycles. The molecule has 2 atom stereocenters. The molecule has 0 bridgehead atoms. The van der Waals surface area contributed by atoms with Crippen LogP contribution in [0.1, 0.15) is 44.2 Å².